The van der Waals surface area contributed by atoms with Gasteiger partial charge in [-0.1, -0.05) is 6.07 Å². The van der Waals surface area contributed by atoms with E-state index in [1.54, 1.807) is 7.11 Å². The molecule has 0 aliphatic carbocycles. The van der Waals surface area contributed by atoms with Gasteiger partial charge in [-0.2, -0.15) is 0 Å². The maximum absolute atomic E-state index is 13.0. The molecule has 2 aliphatic heterocycles. The first-order valence-corrected chi connectivity index (χ1v) is 8.62. The fourth-order valence-electron chi connectivity index (χ4n) is 3.92. The lowest BCUT2D eigenvalue weighted by Crippen LogP contribution is -2.50. The van der Waals surface area contributed by atoms with E-state index in [2.05, 4.69) is 20.9 Å². The predicted molar refractivity (Wildman–Crippen MR) is 90.5 cm³/mol. The molecular weight excluding hydrogens is 290 g/mol. The molecule has 5 nitrogen and oxygen atoms in total. The van der Waals surface area contributed by atoms with Gasteiger partial charge in [-0.25, -0.2) is 4.98 Å². The first kappa shape index (κ1) is 16.2. The van der Waals surface area contributed by atoms with E-state index in [-0.39, 0.29) is 5.41 Å². The normalized spacial score (nSPS) is 24.7. The summed E-state index contributed by atoms with van der Waals surface area (Å²) in [4.78, 5) is 22.0. The summed E-state index contributed by atoms with van der Waals surface area (Å²) in [6, 6.07) is 6.11. The molecule has 2 fully saturated rings. The van der Waals surface area contributed by atoms with Crippen LogP contribution in [0.1, 0.15) is 31.4 Å². The summed E-state index contributed by atoms with van der Waals surface area (Å²) < 4.78 is 5.12. The lowest BCUT2D eigenvalue weighted by Gasteiger charge is -2.39. The van der Waals surface area contributed by atoms with Gasteiger partial charge in [-0.3, -0.25) is 4.79 Å². The van der Waals surface area contributed by atoms with Gasteiger partial charge in [0.25, 0.3) is 0 Å². The Balaban J connectivity index is 1.68. The second-order valence-electron chi connectivity index (χ2n) is 6.83. The lowest BCUT2D eigenvalue weighted by molar-refractivity contribution is -0.145. The van der Waals surface area contributed by atoms with Crippen LogP contribution in [0.5, 0.6) is 0 Å². The Morgan fingerprint density at radius 3 is 2.96 bits per heavy atom. The van der Waals surface area contributed by atoms with Gasteiger partial charge < -0.3 is 14.5 Å². The molecule has 0 bridgehead atoms. The number of carbonyl (C=O) groups excluding carboxylic acids is 1. The molecule has 1 aromatic rings. The third-order valence-corrected chi connectivity index (χ3v) is 5.15. The van der Waals surface area contributed by atoms with Crippen LogP contribution >= 0.6 is 0 Å². The number of amides is 1. The van der Waals surface area contributed by atoms with Gasteiger partial charge in [0.2, 0.25) is 5.91 Å². The second-order valence-corrected chi connectivity index (χ2v) is 6.83. The van der Waals surface area contributed by atoms with E-state index in [9.17, 15) is 4.79 Å². The highest BCUT2D eigenvalue weighted by molar-refractivity contribution is 5.85. The Hall–Kier alpha value is -1.62. The minimum absolute atomic E-state index is 0.198. The molecular formula is C18H27N3O2. The number of hydrogen-bond acceptors (Lipinski definition) is 4. The topological polar surface area (TPSA) is 45.7 Å². The fourth-order valence-corrected chi connectivity index (χ4v) is 3.92. The van der Waals surface area contributed by atoms with Crippen LogP contribution in [0.4, 0.5) is 5.82 Å². The number of carbonyl (C=O) groups is 1. The van der Waals surface area contributed by atoms with Crippen LogP contribution in [-0.2, 0) is 9.53 Å². The second kappa shape index (κ2) is 6.87. The summed E-state index contributed by atoms with van der Waals surface area (Å²) in [5, 5.41) is 0. The summed E-state index contributed by atoms with van der Waals surface area (Å²) in [7, 11) is 1.71. The monoisotopic (exact) mass is 317 g/mol. The smallest absolute Gasteiger partial charge is 0.230 e. The standard InChI is InChI=1S/C18H27N3O2/c1-15-6-3-7-16(19-15)21-12-9-18(14-21)8-4-10-20(17(18)22)11-5-13-23-2/h3,6-7H,4-5,8-14H2,1-2H3/t18-/m0/s1. The van der Waals surface area contributed by atoms with Crippen molar-refractivity contribution in [1.82, 2.24) is 9.88 Å². The van der Waals surface area contributed by atoms with Crippen molar-refractivity contribution < 1.29 is 9.53 Å². The highest BCUT2D eigenvalue weighted by Gasteiger charge is 2.48. The molecule has 5 heteroatoms. The van der Waals surface area contributed by atoms with Gasteiger partial charge in [0.1, 0.15) is 5.82 Å². The molecule has 1 atom stereocenters. The van der Waals surface area contributed by atoms with Gasteiger partial charge in [-0.05, 0) is 44.7 Å². The molecule has 3 heterocycles. The van der Waals surface area contributed by atoms with Crippen LogP contribution in [0.3, 0.4) is 0 Å². The number of ether oxygens (including phenoxy) is 1. The van der Waals surface area contributed by atoms with Gasteiger partial charge in [0.05, 0.1) is 5.41 Å². The number of hydrogen-bond donors (Lipinski definition) is 0. The van der Waals surface area contributed by atoms with Crippen LogP contribution in [-0.4, -0.2) is 55.7 Å². The molecule has 0 unspecified atom stereocenters. The van der Waals surface area contributed by atoms with Crippen LogP contribution < -0.4 is 4.90 Å². The molecule has 2 saturated heterocycles. The third-order valence-electron chi connectivity index (χ3n) is 5.15. The van der Waals surface area contributed by atoms with Crippen molar-refractivity contribution >= 4 is 11.7 Å². The number of piperidine rings is 1. The van der Waals surface area contributed by atoms with Crippen LogP contribution in [0, 0.1) is 12.3 Å². The van der Waals surface area contributed by atoms with Gasteiger partial charge in [-0.15, -0.1) is 0 Å². The molecule has 1 aromatic heterocycles. The molecule has 126 valence electrons. The van der Waals surface area contributed by atoms with E-state index in [4.69, 9.17) is 4.74 Å². The predicted octanol–water partition coefficient (Wildman–Crippen LogP) is 2.25. The number of nitrogens with zero attached hydrogens (tertiary/aromatic N) is 3. The molecule has 0 N–H and O–H groups in total. The molecule has 2 aliphatic rings. The van der Waals surface area contributed by atoms with Crippen molar-refractivity contribution in [1.29, 1.82) is 0 Å². The zero-order valence-corrected chi connectivity index (χ0v) is 14.3. The van der Waals surface area contributed by atoms with Crippen molar-refractivity contribution in [2.24, 2.45) is 5.41 Å². The lowest BCUT2D eigenvalue weighted by atomic mass is 9.78. The van der Waals surface area contributed by atoms with E-state index >= 15 is 0 Å². The summed E-state index contributed by atoms with van der Waals surface area (Å²) in [5.41, 5.74) is 0.830. The average Bonchev–Trinajstić information content (AvgIpc) is 2.97. The average molecular weight is 317 g/mol. The fraction of sp³-hybridized carbons (Fsp3) is 0.667. The molecule has 1 spiro atoms. The first-order chi connectivity index (χ1) is 11.1. The minimum atomic E-state index is -0.198. The highest BCUT2D eigenvalue weighted by atomic mass is 16.5. The van der Waals surface area contributed by atoms with E-state index in [0.717, 1.165) is 70.0 Å². The van der Waals surface area contributed by atoms with E-state index in [1.165, 1.54) is 0 Å². The molecule has 0 aromatic carbocycles. The zero-order valence-electron chi connectivity index (χ0n) is 14.3. The van der Waals surface area contributed by atoms with Crippen molar-refractivity contribution in [2.45, 2.75) is 32.6 Å². The summed E-state index contributed by atoms with van der Waals surface area (Å²) in [6.45, 7) is 6.18. The maximum atomic E-state index is 13.0. The molecule has 0 saturated carbocycles. The van der Waals surface area contributed by atoms with Crippen molar-refractivity contribution in [3.63, 3.8) is 0 Å². The Morgan fingerprint density at radius 1 is 1.30 bits per heavy atom. The molecule has 1 amide bonds. The van der Waals surface area contributed by atoms with E-state index in [1.807, 2.05) is 19.1 Å². The number of rotatable bonds is 5. The third kappa shape index (κ3) is 3.34. The number of anilines is 1. The van der Waals surface area contributed by atoms with E-state index < -0.39 is 0 Å². The van der Waals surface area contributed by atoms with E-state index in [0.29, 0.717) is 5.91 Å². The number of methoxy groups -OCH3 is 1. The van der Waals surface area contributed by atoms with Crippen LogP contribution in [0.25, 0.3) is 0 Å². The number of likely N-dealkylation sites (tertiary alicyclic amines) is 1. The highest BCUT2D eigenvalue weighted by Crippen LogP contribution is 2.41. The van der Waals surface area contributed by atoms with Gasteiger partial charge in [0, 0.05) is 45.6 Å². The summed E-state index contributed by atoms with van der Waals surface area (Å²) >= 11 is 0. The number of pyridine rings is 1. The Kier molecular flexibility index (Phi) is 4.85. The Morgan fingerprint density at radius 2 is 2.17 bits per heavy atom. The van der Waals surface area contributed by atoms with Crippen molar-refractivity contribution in [3.8, 4) is 0 Å². The SMILES string of the molecule is COCCCN1CCC[C@@]2(CCN(c3cccc(C)n3)C2)C1=O. The quantitative estimate of drug-likeness (QED) is 0.782. The largest absolute Gasteiger partial charge is 0.385 e. The maximum Gasteiger partial charge on any atom is 0.230 e. The molecule has 23 heavy (non-hydrogen) atoms. The minimum Gasteiger partial charge on any atom is -0.385 e. The molecule has 3 rings (SSSR count). The van der Waals surface area contributed by atoms with Gasteiger partial charge in [0.15, 0.2) is 0 Å². The summed E-state index contributed by atoms with van der Waals surface area (Å²) in [5.74, 6) is 1.35. The number of aryl methyl sites for hydroxylation is 1. The molecule has 0 radical (unpaired) electrons. The first-order valence-electron chi connectivity index (χ1n) is 8.62. The van der Waals surface area contributed by atoms with Gasteiger partial charge >= 0.3 is 0 Å². The van der Waals surface area contributed by atoms with Crippen molar-refractivity contribution in [2.75, 3.05) is 44.8 Å². The zero-order chi connectivity index (χ0) is 16.3. The Labute approximate surface area is 138 Å². The Bertz CT molecular complexity index is 563. The summed E-state index contributed by atoms with van der Waals surface area (Å²) in [6.07, 6.45) is 3.98. The van der Waals surface area contributed by atoms with Crippen molar-refractivity contribution in [3.05, 3.63) is 23.9 Å². The van der Waals surface area contributed by atoms with Crippen LogP contribution in [0.2, 0.25) is 0 Å². The van der Waals surface area contributed by atoms with Crippen LogP contribution in [0.15, 0.2) is 18.2 Å². The number of aromatic nitrogens is 1.